The summed E-state index contributed by atoms with van der Waals surface area (Å²) in [5.41, 5.74) is 3.85. The van der Waals surface area contributed by atoms with E-state index in [1.807, 2.05) is 0 Å². The molecule has 1 aliphatic rings. The van der Waals surface area contributed by atoms with Crippen LogP contribution in [0.5, 0.6) is 5.75 Å². The van der Waals surface area contributed by atoms with Gasteiger partial charge in [0.2, 0.25) is 0 Å². The number of aliphatic imine (C=N–C) groups is 1. The van der Waals surface area contributed by atoms with Crippen LogP contribution in [-0.2, 0) is 9.59 Å². The van der Waals surface area contributed by atoms with Gasteiger partial charge in [0.25, 0.3) is 5.91 Å². The molecule has 1 saturated heterocycles. The standard InChI is InChI=1S/C29H36Cl3N3O3/c1-3-4-5-6-7-8-9-10-11-12-16-26(36)38-23-15-13-14-22(19-23)33-28-20(2)29(37)35(34-28)27-24(31)17-21(30)18-25(27)32/h13-15,17-20H,3-12,16H2,1-2H3,(H,33,34). The Kier molecular flexibility index (Phi) is 12.2. The van der Waals surface area contributed by atoms with Crippen molar-refractivity contribution >= 4 is 63.9 Å². The lowest BCUT2D eigenvalue weighted by Crippen LogP contribution is -2.36. The highest BCUT2D eigenvalue weighted by molar-refractivity contribution is 6.42. The third-order valence-corrected chi connectivity index (χ3v) is 7.26. The van der Waals surface area contributed by atoms with Crippen molar-refractivity contribution in [3.8, 4) is 5.75 Å². The minimum Gasteiger partial charge on any atom is -0.426 e. The molecule has 0 bridgehead atoms. The van der Waals surface area contributed by atoms with Crippen molar-refractivity contribution in [2.75, 3.05) is 5.01 Å². The van der Waals surface area contributed by atoms with E-state index in [0.29, 0.717) is 34.4 Å². The van der Waals surface area contributed by atoms with E-state index in [0.717, 1.165) is 19.3 Å². The number of benzene rings is 2. The Morgan fingerprint density at radius 1 is 0.947 bits per heavy atom. The number of nitrogens with zero attached hydrogens (tertiary/aromatic N) is 2. The maximum Gasteiger partial charge on any atom is 0.311 e. The van der Waals surface area contributed by atoms with E-state index in [1.165, 1.54) is 62.1 Å². The molecule has 38 heavy (non-hydrogen) atoms. The first kappa shape index (κ1) is 30.3. The Labute approximate surface area is 240 Å². The van der Waals surface area contributed by atoms with Gasteiger partial charge in [-0.1, -0.05) is 106 Å². The van der Waals surface area contributed by atoms with Gasteiger partial charge in [-0.05, 0) is 37.6 Å². The largest absolute Gasteiger partial charge is 0.426 e. The van der Waals surface area contributed by atoms with E-state index in [-0.39, 0.29) is 21.9 Å². The molecule has 1 N–H and O–H groups in total. The highest BCUT2D eigenvalue weighted by Gasteiger charge is 2.37. The van der Waals surface area contributed by atoms with Crippen LogP contribution in [0, 0.1) is 5.92 Å². The molecule has 0 spiro atoms. The summed E-state index contributed by atoms with van der Waals surface area (Å²) >= 11 is 18.6. The van der Waals surface area contributed by atoms with Crippen LogP contribution in [0.3, 0.4) is 0 Å². The Bertz CT molecular complexity index is 1120. The normalized spacial score (nSPS) is 16.2. The second kappa shape index (κ2) is 15.3. The number of carbonyl (C=O) groups is 2. The molecular weight excluding hydrogens is 545 g/mol. The van der Waals surface area contributed by atoms with E-state index >= 15 is 0 Å². The Hall–Kier alpha value is -2.28. The lowest BCUT2D eigenvalue weighted by atomic mass is 10.1. The summed E-state index contributed by atoms with van der Waals surface area (Å²) in [6.45, 7) is 3.97. The number of unbranched alkanes of at least 4 members (excludes halogenated alkanes) is 9. The molecule has 1 fully saturated rings. The Morgan fingerprint density at radius 2 is 1.55 bits per heavy atom. The highest BCUT2D eigenvalue weighted by atomic mass is 35.5. The summed E-state index contributed by atoms with van der Waals surface area (Å²) in [5.74, 6) is -0.225. The third-order valence-electron chi connectivity index (χ3n) is 6.47. The van der Waals surface area contributed by atoms with Crippen LogP contribution in [0.4, 0.5) is 11.4 Å². The molecule has 9 heteroatoms. The van der Waals surface area contributed by atoms with Crippen molar-refractivity contribution in [1.29, 1.82) is 0 Å². The molecule has 0 saturated carbocycles. The van der Waals surface area contributed by atoms with Gasteiger partial charge in [0.05, 0.1) is 21.7 Å². The molecule has 1 atom stereocenters. The van der Waals surface area contributed by atoms with Crippen LogP contribution in [0.1, 0.15) is 84.5 Å². The number of amidine groups is 1. The van der Waals surface area contributed by atoms with E-state index in [9.17, 15) is 9.59 Å². The van der Waals surface area contributed by atoms with Crippen molar-refractivity contribution < 1.29 is 14.3 Å². The predicted molar refractivity (Wildman–Crippen MR) is 157 cm³/mol. The molecule has 1 heterocycles. The Morgan fingerprint density at radius 3 is 2.18 bits per heavy atom. The molecule has 0 radical (unpaired) electrons. The number of nitrogens with one attached hydrogen (secondary N) is 1. The number of ether oxygens (including phenoxy) is 1. The first-order valence-corrected chi connectivity index (χ1v) is 14.6. The molecule has 0 aliphatic carbocycles. The fourth-order valence-corrected chi connectivity index (χ4v) is 5.29. The highest BCUT2D eigenvalue weighted by Crippen LogP contribution is 2.38. The summed E-state index contributed by atoms with van der Waals surface area (Å²) in [7, 11) is 0. The van der Waals surface area contributed by atoms with Gasteiger partial charge in [-0.25, -0.2) is 10.0 Å². The van der Waals surface area contributed by atoms with Gasteiger partial charge < -0.3 is 4.74 Å². The fraction of sp³-hybridized carbons (Fsp3) is 0.483. The van der Waals surface area contributed by atoms with Crippen LogP contribution in [0.2, 0.25) is 15.1 Å². The molecule has 1 amide bonds. The van der Waals surface area contributed by atoms with Gasteiger partial charge in [0, 0.05) is 17.5 Å². The fourth-order valence-electron chi connectivity index (χ4n) is 4.31. The lowest BCUT2D eigenvalue weighted by Gasteiger charge is -2.19. The quantitative estimate of drug-likeness (QED) is 0.137. The number of amides is 1. The average Bonchev–Trinajstić information content (AvgIpc) is 3.13. The molecule has 1 unspecified atom stereocenters. The lowest BCUT2D eigenvalue weighted by molar-refractivity contribution is -0.134. The minimum absolute atomic E-state index is 0.244. The van der Waals surface area contributed by atoms with Crippen LogP contribution in [0.25, 0.3) is 0 Å². The van der Waals surface area contributed by atoms with Crippen LogP contribution >= 0.6 is 34.8 Å². The number of hydrogen-bond donors (Lipinski definition) is 1. The number of esters is 1. The van der Waals surface area contributed by atoms with Gasteiger partial charge >= 0.3 is 5.97 Å². The SMILES string of the molecule is CCCCCCCCCCCCC(=O)Oc1cccc(N=C2NN(c3c(Cl)cc(Cl)cc3Cl)C(=O)C2C)c1. The van der Waals surface area contributed by atoms with E-state index < -0.39 is 5.92 Å². The molecular formula is C29H36Cl3N3O3. The molecule has 2 aromatic rings. The first-order chi connectivity index (χ1) is 18.3. The number of rotatable bonds is 14. The summed E-state index contributed by atoms with van der Waals surface area (Å²) in [5, 5.41) is 2.14. The van der Waals surface area contributed by atoms with Gasteiger partial charge in [0.1, 0.15) is 17.3 Å². The predicted octanol–water partition coefficient (Wildman–Crippen LogP) is 9.08. The van der Waals surface area contributed by atoms with Crippen LogP contribution in [-0.4, -0.2) is 17.7 Å². The molecule has 2 aromatic carbocycles. The zero-order chi connectivity index (χ0) is 27.5. The van der Waals surface area contributed by atoms with Gasteiger partial charge in [-0.2, -0.15) is 0 Å². The maximum absolute atomic E-state index is 12.9. The second-order valence-corrected chi connectivity index (χ2v) is 10.9. The zero-order valence-corrected chi connectivity index (χ0v) is 24.3. The summed E-state index contributed by atoms with van der Waals surface area (Å²) in [6.07, 6.45) is 12.5. The van der Waals surface area contributed by atoms with Crippen molar-refractivity contribution in [1.82, 2.24) is 5.43 Å². The number of hydrogen-bond acceptors (Lipinski definition) is 4. The molecule has 0 aromatic heterocycles. The van der Waals surface area contributed by atoms with E-state index in [4.69, 9.17) is 39.5 Å². The topological polar surface area (TPSA) is 71.0 Å². The molecule has 206 valence electrons. The van der Waals surface area contributed by atoms with Gasteiger partial charge in [-0.15, -0.1) is 0 Å². The van der Waals surface area contributed by atoms with Crippen LogP contribution < -0.4 is 15.2 Å². The number of hydrazine groups is 1. The minimum atomic E-state index is -0.555. The van der Waals surface area contributed by atoms with E-state index in [1.54, 1.807) is 31.2 Å². The van der Waals surface area contributed by atoms with Crippen molar-refractivity contribution in [2.45, 2.75) is 84.5 Å². The first-order valence-electron chi connectivity index (χ1n) is 13.4. The van der Waals surface area contributed by atoms with E-state index in [2.05, 4.69) is 17.3 Å². The van der Waals surface area contributed by atoms with Crippen molar-refractivity contribution in [3.63, 3.8) is 0 Å². The second-order valence-electron chi connectivity index (χ2n) is 9.63. The summed E-state index contributed by atoms with van der Waals surface area (Å²) in [6, 6.07) is 9.97. The van der Waals surface area contributed by atoms with Crippen molar-refractivity contribution in [2.24, 2.45) is 10.9 Å². The van der Waals surface area contributed by atoms with Crippen LogP contribution in [0.15, 0.2) is 41.4 Å². The van der Waals surface area contributed by atoms with Crippen molar-refractivity contribution in [3.05, 3.63) is 51.5 Å². The van der Waals surface area contributed by atoms with Gasteiger partial charge in [-0.3, -0.25) is 15.0 Å². The molecule has 3 rings (SSSR count). The Balaban J connectivity index is 1.50. The molecule has 1 aliphatic heterocycles. The average molecular weight is 581 g/mol. The zero-order valence-electron chi connectivity index (χ0n) is 22.1. The molecule has 6 nitrogen and oxygen atoms in total. The maximum atomic E-state index is 12.9. The summed E-state index contributed by atoms with van der Waals surface area (Å²) < 4.78 is 5.53. The third kappa shape index (κ3) is 8.89. The number of anilines is 1. The van der Waals surface area contributed by atoms with Gasteiger partial charge in [0.15, 0.2) is 0 Å². The monoisotopic (exact) mass is 579 g/mol. The number of halogens is 3. The smallest absolute Gasteiger partial charge is 0.311 e. The number of carbonyl (C=O) groups excluding carboxylic acids is 2. The summed E-state index contributed by atoms with van der Waals surface area (Å²) in [4.78, 5) is 29.8.